The van der Waals surface area contributed by atoms with Crippen molar-refractivity contribution in [3.05, 3.63) is 97.1 Å². The molecule has 0 amide bonds. The molecule has 212 valence electrons. The van der Waals surface area contributed by atoms with Crippen LogP contribution in [-0.4, -0.2) is 29.8 Å². The molecule has 0 radical (unpaired) electrons. The largest absolute Gasteiger partial charge is 0.423 e. The molecule has 2 rings (SSSR count). The van der Waals surface area contributed by atoms with E-state index < -0.39 is 29.8 Å². The molecule has 0 atom stereocenters. The second kappa shape index (κ2) is 14.0. The molecule has 0 saturated carbocycles. The van der Waals surface area contributed by atoms with Crippen molar-refractivity contribution < 1.29 is 47.7 Å². The van der Waals surface area contributed by atoms with Crippen LogP contribution in [0, 0.1) is 0 Å². The van der Waals surface area contributed by atoms with Gasteiger partial charge < -0.3 is 23.7 Å². The lowest BCUT2D eigenvalue weighted by molar-refractivity contribution is -0.132. The highest BCUT2D eigenvalue weighted by Gasteiger charge is 2.18. The van der Waals surface area contributed by atoms with E-state index in [2.05, 4.69) is 26.3 Å². The van der Waals surface area contributed by atoms with Crippen molar-refractivity contribution in [3.8, 4) is 28.7 Å². The van der Waals surface area contributed by atoms with Crippen LogP contribution < -0.4 is 23.7 Å². The molecule has 0 spiro atoms. The molecule has 0 bridgehead atoms. The Hall–Kier alpha value is -5.51. The molecule has 10 heteroatoms. The summed E-state index contributed by atoms with van der Waals surface area (Å²) in [5.74, 6) is -4.37. The molecular formula is C31H28O10. The quantitative estimate of drug-likeness (QED) is 0.204. The van der Waals surface area contributed by atoms with Crippen LogP contribution in [0.2, 0.25) is 0 Å². The predicted octanol–water partition coefficient (Wildman–Crippen LogP) is 5.23. The average molecular weight is 561 g/mol. The van der Waals surface area contributed by atoms with Gasteiger partial charge in [-0.1, -0.05) is 32.4 Å². The number of esters is 5. The number of rotatable bonds is 11. The number of hydrogen-bond acceptors (Lipinski definition) is 10. The number of carbonyl (C=O) groups excluding carboxylic acids is 5. The third-order valence-corrected chi connectivity index (χ3v) is 4.90. The molecule has 0 saturated heterocycles. The van der Waals surface area contributed by atoms with Crippen LogP contribution in [0.5, 0.6) is 28.7 Å². The summed E-state index contributed by atoms with van der Waals surface area (Å²) in [7, 11) is 0. The van der Waals surface area contributed by atoms with Crippen molar-refractivity contribution in [1.82, 2.24) is 0 Å². The minimum absolute atomic E-state index is 0.0168. The zero-order valence-electron chi connectivity index (χ0n) is 23.0. The van der Waals surface area contributed by atoms with Gasteiger partial charge in [0, 0.05) is 34.9 Å². The Morgan fingerprint density at radius 2 is 1.05 bits per heavy atom. The Labute approximate surface area is 236 Å². The highest BCUT2D eigenvalue weighted by atomic mass is 16.6. The number of benzene rings is 2. The first-order valence-corrected chi connectivity index (χ1v) is 11.9. The third-order valence-electron chi connectivity index (χ3n) is 4.90. The fraction of sp³-hybridized carbons (Fsp3) is 0.129. The van der Waals surface area contributed by atoms with Gasteiger partial charge in [-0.05, 0) is 63.1 Å². The lowest BCUT2D eigenvalue weighted by Gasteiger charge is -2.13. The summed E-state index contributed by atoms with van der Waals surface area (Å²) >= 11 is 0. The Morgan fingerprint density at radius 1 is 0.585 bits per heavy atom. The van der Waals surface area contributed by atoms with E-state index in [9.17, 15) is 24.0 Å². The second-order valence-electron chi connectivity index (χ2n) is 8.65. The predicted molar refractivity (Wildman–Crippen MR) is 149 cm³/mol. The molecule has 0 aliphatic carbocycles. The summed E-state index contributed by atoms with van der Waals surface area (Å²) in [4.78, 5) is 60.6. The van der Waals surface area contributed by atoms with Gasteiger partial charge in [-0.25, -0.2) is 24.0 Å². The van der Waals surface area contributed by atoms with Crippen molar-refractivity contribution >= 4 is 35.4 Å². The number of ether oxygens (including phenoxy) is 5. The van der Waals surface area contributed by atoms with Crippen LogP contribution >= 0.6 is 0 Å². The molecule has 0 heterocycles. The van der Waals surface area contributed by atoms with E-state index in [1.807, 2.05) is 0 Å². The summed E-state index contributed by atoms with van der Waals surface area (Å²) in [6.45, 7) is 19.8. The second-order valence-corrected chi connectivity index (χ2v) is 8.65. The Bertz CT molecular complexity index is 1510. The lowest BCUT2D eigenvalue weighted by Crippen LogP contribution is -2.13. The summed E-state index contributed by atoms with van der Waals surface area (Å²) in [6.07, 6.45) is 2.08. The van der Waals surface area contributed by atoms with Gasteiger partial charge in [0.2, 0.25) is 0 Å². The van der Waals surface area contributed by atoms with Gasteiger partial charge >= 0.3 is 29.8 Å². The van der Waals surface area contributed by atoms with Gasteiger partial charge in [-0.2, -0.15) is 0 Å². The summed E-state index contributed by atoms with van der Waals surface area (Å²) in [5.41, 5.74) is 1.12. The highest BCUT2D eigenvalue weighted by Crippen LogP contribution is 2.34. The maximum atomic E-state index is 12.8. The Balaban J connectivity index is 2.39. The van der Waals surface area contributed by atoms with Crippen LogP contribution in [0.4, 0.5) is 0 Å². The molecule has 2 aromatic carbocycles. The van der Waals surface area contributed by atoms with Gasteiger partial charge in [0.25, 0.3) is 0 Å². The van der Waals surface area contributed by atoms with E-state index in [-0.39, 0.29) is 45.5 Å². The van der Waals surface area contributed by atoms with Gasteiger partial charge in [-0.3, -0.25) is 0 Å². The summed E-state index contributed by atoms with van der Waals surface area (Å²) < 4.78 is 26.2. The van der Waals surface area contributed by atoms with Crippen LogP contribution in [0.15, 0.2) is 91.6 Å². The monoisotopic (exact) mass is 560 g/mol. The van der Waals surface area contributed by atoms with Gasteiger partial charge in [0.05, 0.1) is 0 Å². The molecule has 0 N–H and O–H groups in total. The fourth-order valence-corrected chi connectivity index (χ4v) is 2.75. The van der Waals surface area contributed by atoms with E-state index in [0.717, 1.165) is 12.2 Å². The molecule has 41 heavy (non-hydrogen) atoms. The maximum absolute atomic E-state index is 12.8. The van der Waals surface area contributed by atoms with Crippen LogP contribution in [0.3, 0.4) is 0 Å². The third kappa shape index (κ3) is 9.32. The van der Waals surface area contributed by atoms with Gasteiger partial charge in [0.15, 0.2) is 23.0 Å². The van der Waals surface area contributed by atoms with Crippen molar-refractivity contribution in [2.45, 2.75) is 27.7 Å². The van der Waals surface area contributed by atoms with Crippen molar-refractivity contribution in [2.75, 3.05) is 0 Å². The van der Waals surface area contributed by atoms with Crippen molar-refractivity contribution in [2.24, 2.45) is 0 Å². The Kier molecular flexibility index (Phi) is 10.9. The molecule has 10 nitrogen and oxygen atoms in total. The van der Waals surface area contributed by atoms with Gasteiger partial charge in [-0.15, -0.1) is 0 Å². The topological polar surface area (TPSA) is 132 Å². The molecular weight excluding hydrogens is 532 g/mol. The number of allylic oxidation sites excluding steroid dienone is 1. The smallest absolute Gasteiger partial charge is 0.338 e. The Morgan fingerprint density at radius 3 is 1.56 bits per heavy atom. The minimum Gasteiger partial charge on any atom is -0.423 e. The molecule has 2 aromatic rings. The van der Waals surface area contributed by atoms with E-state index >= 15 is 0 Å². The van der Waals surface area contributed by atoms with Crippen LogP contribution in [0.25, 0.3) is 5.57 Å². The number of carbonyl (C=O) groups is 5. The van der Waals surface area contributed by atoms with E-state index in [4.69, 9.17) is 23.7 Å². The zero-order valence-corrected chi connectivity index (χ0v) is 23.0. The van der Waals surface area contributed by atoms with E-state index in [0.29, 0.717) is 11.1 Å². The lowest BCUT2D eigenvalue weighted by atomic mass is 10.1. The zero-order chi connectivity index (χ0) is 30.9. The molecule has 0 aromatic heterocycles. The minimum atomic E-state index is -0.857. The van der Waals surface area contributed by atoms with E-state index in [1.165, 1.54) is 57.2 Å². The number of hydrogen-bond donors (Lipinski definition) is 0. The van der Waals surface area contributed by atoms with Gasteiger partial charge in [0.1, 0.15) is 5.75 Å². The highest BCUT2D eigenvalue weighted by molar-refractivity contribution is 5.94. The molecule has 0 aliphatic rings. The first-order chi connectivity index (χ1) is 19.2. The van der Waals surface area contributed by atoms with Crippen LogP contribution in [-0.2, 0) is 24.0 Å². The first-order valence-electron chi connectivity index (χ1n) is 11.9. The van der Waals surface area contributed by atoms with Crippen molar-refractivity contribution in [1.29, 1.82) is 0 Å². The molecule has 0 unspecified atom stereocenters. The van der Waals surface area contributed by atoms with Crippen LogP contribution in [0.1, 0.15) is 33.3 Å². The molecule has 0 aliphatic heterocycles. The molecule has 0 fully saturated rings. The SMILES string of the molecule is C=CC(=O)Oc1ccc(C(C)=CC(=O)Oc2ccc(OC(=O)C(=C)C)cc2OC(=O)C(=C)C)cc1OC(=O)C(=C)C. The summed E-state index contributed by atoms with van der Waals surface area (Å²) in [6, 6.07) is 8.10. The average Bonchev–Trinajstić information content (AvgIpc) is 2.90. The van der Waals surface area contributed by atoms with Crippen molar-refractivity contribution in [3.63, 3.8) is 0 Å². The first kappa shape index (κ1) is 31.7. The maximum Gasteiger partial charge on any atom is 0.338 e. The normalized spacial score (nSPS) is 10.5. The fourth-order valence-electron chi connectivity index (χ4n) is 2.75. The van der Waals surface area contributed by atoms with E-state index in [1.54, 1.807) is 6.92 Å². The standard InChI is InChI=1S/C31H28O10/c1-9-27(32)38-23-12-10-21(15-25(23)40-30(35)18(4)5)20(8)14-28(33)39-24-13-11-22(37-29(34)17(2)3)16-26(24)41-31(36)19(6)7/h9-16H,1-2,4,6H2,3,5,7-8H3. The summed E-state index contributed by atoms with van der Waals surface area (Å²) in [5, 5.41) is 0.